The van der Waals surface area contributed by atoms with E-state index in [9.17, 15) is 9.59 Å². The average Bonchev–Trinajstić information content (AvgIpc) is 2.47. The molecule has 1 aromatic rings. The molecule has 0 atom stereocenters. The summed E-state index contributed by atoms with van der Waals surface area (Å²) in [5, 5.41) is 2.86. The van der Waals surface area contributed by atoms with Gasteiger partial charge in [0.15, 0.2) is 0 Å². The predicted octanol–water partition coefficient (Wildman–Crippen LogP) is 3.78. The van der Waals surface area contributed by atoms with E-state index in [0.29, 0.717) is 13.0 Å². The Morgan fingerprint density at radius 1 is 1.14 bits per heavy atom. The molecule has 1 rings (SSSR count). The van der Waals surface area contributed by atoms with E-state index >= 15 is 0 Å². The largest absolute Gasteiger partial charge is 0.463 e. The number of nitrogens with one attached hydrogen (secondary N) is 1. The van der Waals surface area contributed by atoms with Crippen LogP contribution in [-0.4, -0.2) is 18.5 Å². The number of esters is 1. The molecule has 21 heavy (non-hydrogen) atoms. The normalized spacial score (nSPS) is 10.6. The Kier molecular flexibility index (Phi) is 7.87. The average molecular weight is 289 g/mol. The van der Waals surface area contributed by atoms with Crippen LogP contribution in [0, 0.1) is 0 Å². The lowest BCUT2D eigenvalue weighted by Gasteiger charge is -2.05. The van der Waals surface area contributed by atoms with E-state index in [1.165, 1.54) is 6.08 Å². The van der Waals surface area contributed by atoms with Crippen molar-refractivity contribution in [3.8, 4) is 0 Å². The third-order valence-corrected chi connectivity index (χ3v) is 2.90. The number of anilines is 1. The first-order valence-corrected chi connectivity index (χ1v) is 7.40. The first kappa shape index (κ1) is 17.0. The molecule has 1 amide bonds. The number of carbonyl (C=O) groups is 2. The zero-order valence-electron chi connectivity index (χ0n) is 12.7. The predicted molar refractivity (Wildman–Crippen MR) is 84.9 cm³/mol. The number of hydrogen-bond acceptors (Lipinski definition) is 3. The summed E-state index contributed by atoms with van der Waals surface area (Å²) in [6.07, 6.45) is 6.73. The molecule has 0 radical (unpaired) electrons. The maximum absolute atomic E-state index is 11.7. The van der Waals surface area contributed by atoms with Crippen LogP contribution >= 0.6 is 0 Å². The second-order valence-electron chi connectivity index (χ2n) is 4.71. The first-order chi connectivity index (χ1) is 10.2. The number of unbranched alkanes of at least 4 members (excludes halogenated alkanes) is 2. The minimum atomic E-state index is -0.356. The molecule has 0 aliphatic heterocycles. The smallest absolute Gasteiger partial charge is 0.330 e. The second kappa shape index (κ2) is 9.75. The highest BCUT2D eigenvalue weighted by atomic mass is 16.5. The highest BCUT2D eigenvalue weighted by Gasteiger charge is 2.01. The van der Waals surface area contributed by atoms with Crippen molar-refractivity contribution in [2.24, 2.45) is 0 Å². The van der Waals surface area contributed by atoms with Crippen LogP contribution in [0.25, 0.3) is 6.08 Å². The van der Waals surface area contributed by atoms with Crippen LogP contribution < -0.4 is 5.32 Å². The van der Waals surface area contributed by atoms with Crippen molar-refractivity contribution < 1.29 is 14.3 Å². The van der Waals surface area contributed by atoms with E-state index in [1.54, 1.807) is 13.0 Å². The third-order valence-electron chi connectivity index (χ3n) is 2.90. The monoisotopic (exact) mass is 289 g/mol. The van der Waals surface area contributed by atoms with Crippen molar-refractivity contribution >= 4 is 23.6 Å². The van der Waals surface area contributed by atoms with Crippen LogP contribution in [0.4, 0.5) is 5.69 Å². The molecule has 114 valence electrons. The van der Waals surface area contributed by atoms with Crippen LogP contribution in [0.3, 0.4) is 0 Å². The Bertz CT molecular complexity index is 477. The molecule has 0 aliphatic carbocycles. The van der Waals surface area contributed by atoms with Crippen molar-refractivity contribution in [3.63, 3.8) is 0 Å². The van der Waals surface area contributed by atoms with Gasteiger partial charge in [-0.25, -0.2) is 4.79 Å². The number of benzene rings is 1. The lowest BCUT2D eigenvalue weighted by molar-refractivity contribution is -0.137. The number of ether oxygens (including phenoxy) is 1. The fourth-order valence-corrected chi connectivity index (χ4v) is 1.79. The molecule has 1 aromatic carbocycles. The molecule has 0 saturated heterocycles. The lowest BCUT2D eigenvalue weighted by atomic mass is 10.1. The molecule has 0 bridgehead atoms. The molecule has 0 fully saturated rings. The maximum atomic E-state index is 11.7. The van der Waals surface area contributed by atoms with E-state index in [4.69, 9.17) is 4.74 Å². The number of carbonyl (C=O) groups excluding carboxylic acids is 2. The van der Waals surface area contributed by atoms with Crippen molar-refractivity contribution in [3.05, 3.63) is 35.9 Å². The van der Waals surface area contributed by atoms with Crippen molar-refractivity contribution in [2.75, 3.05) is 11.9 Å². The van der Waals surface area contributed by atoms with Gasteiger partial charge in [-0.2, -0.15) is 0 Å². The van der Waals surface area contributed by atoms with Gasteiger partial charge in [-0.3, -0.25) is 4.79 Å². The summed E-state index contributed by atoms with van der Waals surface area (Å²) in [5.41, 5.74) is 1.65. The molecular weight excluding hydrogens is 266 g/mol. The Morgan fingerprint density at radius 3 is 2.48 bits per heavy atom. The summed E-state index contributed by atoms with van der Waals surface area (Å²) in [7, 11) is 0. The minimum Gasteiger partial charge on any atom is -0.463 e. The van der Waals surface area contributed by atoms with E-state index in [1.807, 2.05) is 24.3 Å². The van der Waals surface area contributed by atoms with Gasteiger partial charge >= 0.3 is 5.97 Å². The topological polar surface area (TPSA) is 55.4 Å². The zero-order valence-corrected chi connectivity index (χ0v) is 12.7. The fraction of sp³-hybridized carbons (Fsp3) is 0.412. The summed E-state index contributed by atoms with van der Waals surface area (Å²) >= 11 is 0. The van der Waals surface area contributed by atoms with Gasteiger partial charge in [0.2, 0.25) is 5.91 Å². The Morgan fingerprint density at radius 2 is 1.86 bits per heavy atom. The molecule has 0 aliphatic rings. The Balaban J connectivity index is 2.46. The van der Waals surface area contributed by atoms with Gasteiger partial charge in [-0.1, -0.05) is 31.9 Å². The third kappa shape index (κ3) is 7.30. The Hall–Kier alpha value is -2.10. The van der Waals surface area contributed by atoms with E-state index in [-0.39, 0.29) is 11.9 Å². The Labute approximate surface area is 126 Å². The SMILES string of the molecule is CCCCCC(=O)Nc1ccc(C=CC(=O)OCC)cc1. The molecule has 1 N–H and O–H groups in total. The standard InChI is InChI=1S/C17H23NO3/c1-3-5-6-7-16(19)18-15-11-8-14(9-12-15)10-13-17(20)21-4-2/h8-13H,3-7H2,1-2H3,(H,18,19). The quantitative estimate of drug-likeness (QED) is 0.450. The highest BCUT2D eigenvalue weighted by molar-refractivity contribution is 5.91. The molecule has 0 unspecified atom stereocenters. The summed E-state index contributed by atoms with van der Waals surface area (Å²) < 4.78 is 4.80. The minimum absolute atomic E-state index is 0.0401. The molecule has 0 heterocycles. The summed E-state index contributed by atoms with van der Waals surface area (Å²) in [6, 6.07) is 7.33. The maximum Gasteiger partial charge on any atom is 0.330 e. The molecule has 4 heteroatoms. The van der Waals surface area contributed by atoms with Crippen LogP contribution in [-0.2, 0) is 14.3 Å². The number of hydrogen-bond donors (Lipinski definition) is 1. The molecule has 4 nitrogen and oxygen atoms in total. The molecule has 0 spiro atoms. The second-order valence-corrected chi connectivity index (χ2v) is 4.71. The van der Waals surface area contributed by atoms with Crippen LogP contribution in [0.15, 0.2) is 30.3 Å². The van der Waals surface area contributed by atoms with Gasteiger partial charge in [0.05, 0.1) is 6.61 Å². The van der Waals surface area contributed by atoms with Gasteiger partial charge in [-0.05, 0) is 37.1 Å². The lowest BCUT2D eigenvalue weighted by Crippen LogP contribution is -2.10. The van der Waals surface area contributed by atoms with Crippen LogP contribution in [0.5, 0.6) is 0 Å². The van der Waals surface area contributed by atoms with E-state index in [0.717, 1.165) is 30.5 Å². The fourth-order valence-electron chi connectivity index (χ4n) is 1.79. The summed E-state index contributed by atoms with van der Waals surface area (Å²) in [6.45, 7) is 4.25. The van der Waals surface area contributed by atoms with Gasteiger partial charge < -0.3 is 10.1 Å². The van der Waals surface area contributed by atoms with E-state index in [2.05, 4.69) is 12.2 Å². The van der Waals surface area contributed by atoms with Crippen molar-refractivity contribution in [1.82, 2.24) is 0 Å². The van der Waals surface area contributed by atoms with E-state index < -0.39 is 0 Å². The number of amides is 1. The van der Waals surface area contributed by atoms with Crippen LogP contribution in [0.2, 0.25) is 0 Å². The zero-order chi connectivity index (χ0) is 15.5. The van der Waals surface area contributed by atoms with Gasteiger partial charge in [0, 0.05) is 18.2 Å². The highest BCUT2D eigenvalue weighted by Crippen LogP contribution is 2.12. The van der Waals surface area contributed by atoms with Gasteiger partial charge in [0.25, 0.3) is 0 Å². The molecule has 0 aromatic heterocycles. The molecular formula is C17H23NO3. The van der Waals surface area contributed by atoms with Crippen molar-refractivity contribution in [2.45, 2.75) is 39.5 Å². The van der Waals surface area contributed by atoms with Crippen molar-refractivity contribution in [1.29, 1.82) is 0 Å². The number of rotatable bonds is 8. The van der Waals surface area contributed by atoms with Gasteiger partial charge in [-0.15, -0.1) is 0 Å². The molecule has 0 saturated carbocycles. The first-order valence-electron chi connectivity index (χ1n) is 7.40. The van der Waals surface area contributed by atoms with Gasteiger partial charge in [0.1, 0.15) is 0 Å². The van der Waals surface area contributed by atoms with Crippen LogP contribution in [0.1, 0.15) is 45.1 Å². The summed E-state index contributed by atoms with van der Waals surface area (Å²) in [4.78, 5) is 22.9. The summed E-state index contributed by atoms with van der Waals surface area (Å²) in [5.74, 6) is -0.316.